The minimum absolute atomic E-state index is 0.159. The van der Waals surface area contributed by atoms with Crippen LogP contribution in [0.4, 0.5) is 5.69 Å². The average Bonchev–Trinajstić information content (AvgIpc) is 2.70. The smallest absolute Gasteiger partial charge is 0.248 e. The van der Waals surface area contributed by atoms with Gasteiger partial charge in [0.15, 0.2) is 0 Å². The normalized spacial score (nSPS) is 19.0. The molecular formula is C18H20N2O. The Hall–Kier alpha value is -2.29. The number of rotatable bonds is 3. The van der Waals surface area contributed by atoms with Crippen LogP contribution in [0.2, 0.25) is 0 Å². The molecular weight excluding hydrogens is 260 g/mol. The molecule has 3 N–H and O–H groups in total. The fourth-order valence-electron chi connectivity index (χ4n) is 3.16. The van der Waals surface area contributed by atoms with Crippen molar-refractivity contribution in [2.45, 2.75) is 26.3 Å². The predicted molar refractivity (Wildman–Crippen MR) is 85.3 cm³/mol. The van der Waals surface area contributed by atoms with E-state index in [9.17, 15) is 4.79 Å². The maximum Gasteiger partial charge on any atom is 0.248 e. The Morgan fingerprint density at radius 1 is 1.14 bits per heavy atom. The number of carbonyl (C=O) groups excluding carboxylic acids is 1. The average molecular weight is 280 g/mol. The lowest BCUT2D eigenvalue weighted by Crippen LogP contribution is -2.24. The molecule has 3 rings (SSSR count). The quantitative estimate of drug-likeness (QED) is 0.903. The van der Waals surface area contributed by atoms with Gasteiger partial charge in [-0.1, -0.05) is 38.1 Å². The zero-order valence-corrected chi connectivity index (χ0v) is 12.4. The molecule has 0 saturated carbocycles. The molecule has 1 atom stereocenters. The number of amides is 1. The zero-order valence-electron chi connectivity index (χ0n) is 12.4. The number of anilines is 1. The number of hydrogen-bond donors (Lipinski definition) is 2. The van der Waals surface area contributed by atoms with Crippen LogP contribution < -0.4 is 11.1 Å². The van der Waals surface area contributed by atoms with E-state index >= 15 is 0 Å². The fraction of sp³-hybridized carbons (Fsp3) is 0.278. The summed E-state index contributed by atoms with van der Waals surface area (Å²) in [6.45, 7) is 4.56. The lowest BCUT2D eigenvalue weighted by atomic mass is 9.85. The van der Waals surface area contributed by atoms with Gasteiger partial charge in [0.2, 0.25) is 5.91 Å². The molecule has 0 aliphatic heterocycles. The summed E-state index contributed by atoms with van der Waals surface area (Å²) >= 11 is 0. The fourth-order valence-corrected chi connectivity index (χ4v) is 3.16. The minimum Gasteiger partial charge on any atom is -0.378 e. The van der Waals surface area contributed by atoms with Crippen LogP contribution in [0.3, 0.4) is 0 Å². The minimum atomic E-state index is -0.395. The number of benzene rings is 2. The second-order valence-corrected chi connectivity index (χ2v) is 6.38. The third-order valence-corrected chi connectivity index (χ3v) is 4.27. The number of carbonyl (C=O) groups is 1. The summed E-state index contributed by atoms with van der Waals surface area (Å²) in [4.78, 5) is 11.1. The van der Waals surface area contributed by atoms with Gasteiger partial charge in [0, 0.05) is 11.3 Å². The summed E-state index contributed by atoms with van der Waals surface area (Å²) in [5.41, 5.74) is 9.75. The molecule has 0 radical (unpaired) electrons. The Bertz CT molecular complexity index is 674. The summed E-state index contributed by atoms with van der Waals surface area (Å²) < 4.78 is 0. The highest BCUT2D eigenvalue weighted by molar-refractivity contribution is 5.93. The second-order valence-electron chi connectivity index (χ2n) is 6.38. The van der Waals surface area contributed by atoms with Crippen LogP contribution >= 0.6 is 0 Å². The highest BCUT2D eigenvalue weighted by Gasteiger charge is 2.38. The summed E-state index contributed by atoms with van der Waals surface area (Å²) in [6.07, 6.45) is 1.07. The molecule has 1 aliphatic rings. The third-order valence-electron chi connectivity index (χ3n) is 4.27. The van der Waals surface area contributed by atoms with E-state index in [2.05, 4.69) is 43.4 Å². The summed E-state index contributed by atoms with van der Waals surface area (Å²) in [5, 5.41) is 3.60. The van der Waals surface area contributed by atoms with Crippen LogP contribution in [-0.4, -0.2) is 5.91 Å². The first kappa shape index (κ1) is 13.7. The van der Waals surface area contributed by atoms with Crippen molar-refractivity contribution in [2.24, 2.45) is 11.1 Å². The van der Waals surface area contributed by atoms with E-state index in [1.165, 1.54) is 11.1 Å². The van der Waals surface area contributed by atoms with E-state index in [1.807, 2.05) is 12.1 Å². The van der Waals surface area contributed by atoms with Gasteiger partial charge in [0.25, 0.3) is 0 Å². The van der Waals surface area contributed by atoms with E-state index in [-0.39, 0.29) is 11.5 Å². The monoisotopic (exact) mass is 280 g/mol. The van der Waals surface area contributed by atoms with Gasteiger partial charge in [-0.05, 0) is 47.2 Å². The third kappa shape index (κ3) is 2.51. The molecule has 0 aromatic heterocycles. The Balaban J connectivity index is 1.88. The summed E-state index contributed by atoms with van der Waals surface area (Å²) in [5.74, 6) is -0.395. The number of hydrogen-bond acceptors (Lipinski definition) is 2. The van der Waals surface area contributed by atoms with Crippen LogP contribution in [0, 0.1) is 5.41 Å². The molecule has 0 heterocycles. The van der Waals surface area contributed by atoms with Gasteiger partial charge in [-0.25, -0.2) is 0 Å². The van der Waals surface area contributed by atoms with Crippen molar-refractivity contribution in [1.29, 1.82) is 0 Å². The molecule has 0 spiro atoms. The molecule has 0 fully saturated rings. The van der Waals surface area contributed by atoms with Crippen LogP contribution in [0.25, 0.3) is 0 Å². The standard InChI is InChI=1S/C18H20N2O/c1-18(2)11-13-5-3-4-6-15(13)16(18)20-14-9-7-12(8-10-14)17(19)21/h3-10,16,20H,11H2,1-2H3,(H2,19,21). The molecule has 0 bridgehead atoms. The van der Waals surface area contributed by atoms with Gasteiger partial charge < -0.3 is 11.1 Å². The Morgan fingerprint density at radius 2 is 1.81 bits per heavy atom. The summed E-state index contributed by atoms with van der Waals surface area (Å²) in [6, 6.07) is 16.2. The predicted octanol–water partition coefficient (Wildman–Crippen LogP) is 3.52. The molecule has 2 aromatic carbocycles. The number of nitrogens with one attached hydrogen (secondary N) is 1. The van der Waals surface area contributed by atoms with Crippen LogP contribution in [0.1, 0.15) is 41.4 Å². The highest BCUT2D eigenvalue weighted by Crippen LogP contribution is 2.46. The highest BCUT2D eigenvalue weighted by atomic mass is 16.1. The molecule has 3 heteroatoms. The number of primary amides is 1. The molecule has 1 amide bonds. The lowest BCUT2D eigenvalue weighted by Gasteiger charge is -2.29. The van der Waals surface area contributed by atoms with Crippen LogP contribution in [0.15, 0.2) is 48.5 Å². The second kappa shape index (κ2) is 4.92. The van der Waals surface area contributed by atoms with Crippen LogP contribution in [-0.2, 0) is 6.42 Å². The molecule has 1 unspecified atom stereocenters. The van der Waals surface area contributed by atoms with Crippen molar-refractivity contribution in [3.63, 3.8) is 0 Å². The van der Waals surface area contributed by atoms with Crippen molar-refractivity contribution in [3.05, 3.63) is 65.2 Å². The zero-order chi connectivity index (χ0) is 15.0. The lowest BCUT2D eigenvalue weighted by molar-refractivity contribution is 0.100. The Labute approximate surface area is 125 Å². The van der Waals surface area contributed by atoms with Crippen molar-refractivity contribution in [1.82, 2.24) is 0 Å². The van der Waals surface area contributed by atoms with Crippen molar-refractivity contribution in [2.75, 3.05) is 5.32 Å². The molecule has 0 saturated heterocycles. The van der Waals surface area contributed by atoms with Crippen molar-refractivity contribution >= 4 is 11.6 Å². The summed E-state index contributed by atoms with van der Waals surface area (Å²) in [7, 11) is 0. The van der Waals surface area contributed by atoms with Crippen molar-refractivity contribution in [3.8, 4) is 0 Å². The van der Waals surface area contributed by atoms with E-state index in [1.54, 1.807) is 12.1 Å². The maximum absolute atomic E-state index is 11.1. The molecule has 3 nitrogen and oxygen atoms in total. The van der Waals surface area contributed by atoms with Gasteiger partial charge in [-0.2, -0.15) is 0 Å². The van der Waals surface area contributed by atoms with Gasteiger partial charge in [-0.15, -0.1) is 0 Å². The molecule has 21 heavy (non-hydrogen) atoms. The largest absolute Gasteiger partial charge is 0.378 e. The van der Waals surface area contributed by atoms with E-state index in [4.69, 9.17) is 5.73 Å². The Kier molecular flexibility index (Phi) is 3.20. The topological polar surface area (TPSA) is 55.1 Å². The van der Waals surface area contributed by atoms with Crippen molar-refractivity contribution < 1.29 is 4.79 Å². The number of nitrogens with two attached hydrogens (primary N) is 1. The molecule has 2 aromatic rings. The number of fused-ring (bicyclic) bond motifs is 1. The Morgan fingerprint density at radius 3 is 2.48 bits per heavy atom. The van der Waals surface area contributed by atoms with Crippen LogP contribution in [0.5, 0.6) is 0 Å². The SMILES string of the molecule is CC1(C)Cc2ccccc2C1Nc1ccc(C(N)=O)cc1. The van der Waals surface area contributed by atoms with Gasteiger partial charge in [-0.3, -0.25) is 4.79 Å². The first-order valence-corrected chi connectivity index (χ1v) is 7.21. The van der Waals surface area contributed by atoms with Gasteiger partial charge in [0.05, 0.1) is 6.04 Å². The van der Waals surface area contributed by atoms with E-state index < -0.39 is 5.91 Å². The van der Waals surface area contributed by atoms with Gasteiger partial charge >= 0.3 is 0 Å². The van der Waals surface area contributed by atoms with E-state index in [0.717, 1.165) is 12.1 Å². The van der Waals surface area contributed by atoms with Gasteiger partial charge in [0.1, 0.15) is 0 Å². The first-order chi connectivity index (χ1) is 9.97. The van der Waals surface area contributed by atoms with E-state index in [0.29, 0.717) is 5.56 Å². The maximum atomic E-state index is 11.1. The molecule has 108 valence electrons. The first-order valence-electron chi connectivity index (χ1n) is 7.21. The molecule has 1 aliphatic carbocycles.